The van der Waals surface area contributed by atoms with Gasteiger partial charge in [0, 0.05) is 25.3 Å². The number of hydrogen-bond donors (Lipinski definition) is 3. The number of imide groups is 1. The third kappa shape index (κ3) is 3.73. The molecule has 1 aromatic rings. The number of rotatable bonds is 6. The van der Waals surface area contributed by atoms with Gasteiger partial charge in [-0.2, -0.15) is 0 Å². The fraction of sp³-hybridized carbons (Fsp3) is 0.357. The molecule has 3 N–H and O–H groups in total. The van der Waals surface area contributed by atoms with E-state index in [1.165, 1.54) is 0 Å². The maximum absolute atomic E-state index is 12.0. The topological polar surface area (TPSA) is 108 Å². The average molecular weight is 307 g/mol. The molecule has 0 saturated carbocycles. The molecule has 1 aliphatic rings. The van der Waals surface area contributed by atoms with Gasteiger partial charge in [-0.3, -0.25) is 9.69 Å². The van der Waals surface area contributed by atoms with Crippen molar-refractivity contribution in [2.24, 2.45) is 0 Å². The smallest absolute Gasteiger partial charge is 0.340 e. The first-order chi connectivity index (χ1) is 10.6. The van der Waals surface area contributed by atoms with Crippen LogP contribution in [-0.4, -0.2) is 60.8 Å². The number of ether oxygens (including phenoxy) is 1. The van der Waals surface area contributed by atoms with Gasteiger partial charge in [0.2, 0.25) is 0 Å². The number of nitrogens with one attached hydrogen (secondary N) is 2. The number of aliphatic hydroxyl groups is 1. The van der Waals surface area contributed by atoms with E-state index in [1.807, 2.05) is 0 Å². The largest absolute Gasteiger partial charge is 0.452 e. The number of benzene rings is 1. The van der Waals surface area contributed by atoms with Crippen LogP contribution in [0, 0.1) is 0 Å². The van der Waals surface area contributed by atoms with Gasteiger partial charge in [0.1, 0.15) is 0 Å². The van der Waals surface area contributed by atoms with E-state index in [9.17, 15) is 14.4 Å². The number of aliphatic hydroxyl groups excluding tert-OH is 1. The van der Waals surface area contributed by atoms with Crippen molar-refractivity contribution in [2.75, 3.05) is 38.2 Å². The summed E-state index contributed by atoms with van der Waals surface area (Å²) in [6.45, 7) is 0.375. The van der Waals surface area contributed by atoms with E-state index < -0.39 is 24.5 Å². The van der Waals surface area contributed by atoms with Gasteiger partial charge in [-0.1, -0.05) is 12.1 Å². The number of para-hydroxylation sites is 1. The quantitative estimate of drug-likeness (QED) is 0.628. The predicted molar refractivity (Wildman–Crippen MR) is 77.4 cm³/mol. The van der Waals surface area contributed by atoms with Crippen LogP contribution in [0.3, 0.4) is 0 Å². The fourth-order valence-electron chi connectivity index (χ4n) is 2.00. The highest BCUT2D eigenvalue weighted by Gasteiger charge is 2.27. The van der Waals surface area contributed by atoms with E-state index in [1.54, 1.807) is 24.3 Å². The highest BCUT2D eigenvalue weighted by atomic mass is 16.5. The lowest BCUT2D eigenvalue weighted by molar-refractivity contribution is -0.130. The maximum Gasteiger partial charge on any atom is 0.340 e. The Labute approximate surface area is 127 Å². The summed E-state index contributed by atoms with van der Waals surface area (Å²) < 4.78 is 4.96. The van der Waals surface area contributed by atoms with Crippen molar-refractivity contribution >= 4 is 23.6 Å². The molecule has 0 bridgehead atoms. The number of amides is 3. The molecule has 1 saturated heterocycles. The van der Waals surface area contributed by atoms with Crippen molar-refractivity contribution in [1.82, 2.24) is 10.2 Å². The van der Waals surface area contributed by atoms with Crippen molar-refractivity contribution in [2.45, 2.75) is 0 Å². The SMILES string of the molecule is O=C(OCC(=O)N1CCNC1=O)c1ccccc1NCCO. The number of urea groups is 1. The van der Waals surface area contributed by atoms with Gasteiger partial charge in [-0.05, 0) is 12.1 Å². The Hall–Kier alpha value is -2.61. The van der Waals surface area contributed by atoms with Gasteiger partial charge in [0.05, 0.1) is 12.2 Å². The van der Waals surface area contributed by atoms with Crippen LogP contribution in [0.25, 0.3) is 0 Å². The minimum Gasteiger partial charge on any atom is -0.452 e. The van der Waals surface area contributed by atoms with Gasteiger partial charge >= 0.3 is 12.0 Å². The molecule has 0 atom stereocenters. The van der Waals surface area contributed by atoms with Gasteiger partial charge in [-0.15, -0.1) is 0 Å². The Morgan fingerprint density at radius 2 is 2.14 bits per heavy atom. The zero-order valence-electron chi connectivity index (χ0n) is 11.9. The van der Waals surface area contributed by atoms with Gasteiger partial charge in [0.15, 0.2) is 6.61 Å². The Morgan fingerprint density at radius 3 is 2.82 bits per heavy atom. The van der Waals surface area contributed by atoms with E-state index in [2.05, 4.69) is 10.6 Å². The molecule has 1 heterocycles. The number of esters is 1. The monoisotopic (exact) mass is 307 g/mol. The first kappa shape index (κ1) is 15.8. The molecular formula is C14H17N3O5. The average Bonchev–Trinajstić information content (AvgIpc) is 2.96. The number of carbonyl (C=O) groups excluding carboxylic acids is 3. The summed E-state index contributed by atoms with van der Waals surface area (Å²) in [6.07, 6.45) is 0. The summed E-state index contributed by atoms with van der Waals surface area (Å²) in [5, 5.41) is 14.2. The molecule has 1 fully saturated rings. The molecule has 8 heteroatoms. The minimum absolute atomic E-state index is 0.0774. The van der Waals surface area contributed by atoms with Crippen LogP contribution in [-0.2, 0) is 9.53 Å². The number of carbonyl (C=O) groups is 3. The molecule has 22 heavy (non-hydrogen) atoms. The molecule has 8 nitrogen and oxygen atoms in total. The summed E-state index contributed by atoms with van der Waals surface area (Å²) >= 11 is 0. The van der Waals surface area contributed by atoms with Gasteiger partial charge < -0.3 is 20.5 Å². The number of anilines is 1. The van der Waals surface area contributed by atoms with Crippen molar-refractivity contribution in [3.05, 3.63) is 29.8 Å². The van der Waals surface area contributed by atoms with Crippen LogP contribution < -0.4 is 10.6 Å². The van der Waals surface area contributed by atoms with Crippen LogP contribution >= 0.6 is 0 Å². The summed E-state index contributed by atoms with van der Waals surface area (Å²) in [5.74, 6) is -1.24. The second-order valence-electron chi connectivity index (χ2n) is 4.55. The zero-order valence-corrected chi connectivity index (χ0v) is 11.9. The lowest BCUT2D eigenvalue weighted by Gasteiger charge is -2.13. The molecular weight excluding hydrogens is 290 g/mol. The molecule has 0 aliphatic carbocycles. The van der Waals surface area contributed by atoms with E-state index in [4.69, 9.17) is 9.84 Å². The van der Waals surface area contributed by atoms with Crippen LogP contribution in [0.4, 0.5) is 10.5 Å². The van der Waals surface area contributed by atoms with E-state index in [-0.39, 0.29) is 25.3 Å². The summed E-state index contributed by atoms with van der Waals surface area (Å²) in [5.41, 5.74) is 0.766. The molecule has 0 radical (unpaired) electrons. The first-order valence-corrected chi connectivity index (χ1v) is 6.82. The molecule has 3 amide bonds. The van der Waals surface area contributed by atoms with Gasteiger partial charge in [0.25, 0.3) is 5.91 Å². The highest BCUT2D eigenvalue weighted by molar-refractivity contribution is 5.99. The van der Waals surface area contributed by atoms with Crippen molar-refractivity contribution in [3.8, 4) is 0 Å². The summed E-state index contributed by atoms with van der Waals surface area (Å²) in [6, 6.07) is 6.13. The third-order valence-electron chi connectivity index (χ3n) is 3.06. The van der Waals surface area contributed by atoms with E-state index in [0.29, 0.717) is 12.2 Å². The normalized spacial score (nSPS) is 13.7. The molecule has 1 aromatic carbocycles. The summed E-state index contributed by atoms with van der Waals surface area (Å²) in [4.78, 5) is 36.1. The summed E-state index contributed by atoms with van der Waals surface area (Å²) in [7, 11) is 0. The maximum atomic E-state index is 12.0. The van der Waals surface area contributed by atoms with Crippen LogP contribution in [0.5, 0.6) is 0 Å². The van der Waals surface area contributed by atoms with Crippen molar-refractivity contribution < 1.29 is 24.2 Å². The second kappa shape index (κ2) is 7.41. The number of hydrogen-bond acceptors (Lipinski definition) is 6. The molecule has 0 spiro atoms. The van der Waals surface area contributed by atoms with E-state index in [0.717, 1.165) is 4.90 Å². The molecule has 1 aliphatic heterocycles. The fourth-order valence-corrected chi connectivity index (χ4v) is 2.00. The van der Waals surface area contributed by atoms with Crippen molar-refractivity contribution in [3.63, 3.8) is 0 Å². The van der Waals surface area contributed by atoms with Crippen LogP contribution in [0.15, 0.2) is 24.3 Å². The van der Waals surface area contributed by atoms with E-state index >= 15 is 0 Å². The Balaban J connectivity index is 1.94. The first-order valence-electron chi connectivity index (χ1n) is 6.82. The standard InChI is InChI=1S/C14H17N3O5/c18-8-6-15-11-4-2-1-3-10(11)13(20)22-9-12(19)17-7-5-16-14(17)21/h1-4,15,18H,5-9H2,(H,16,21). The van der Waals surface area contributed by atoms with Crippen LogP contribution in [0.2, 0.25) is 0 Å². The lowest BCUT2D eigenvalue weighted by Crippen LogP contribution is -2.37. The van der Waals surface area contributed by atoms with Crippen LogP contribution in [0.1, 0.15) is 10.4 Å². The second-order valence-corrected chi connectivity index (χ2v) is 4.55. The van der Waals surface area contributed by atoms with Gasteiger partial charge in [-0.25, -0.2) is 9.59 Å². The Morgan fingerprint density at radius 1 is 1.36 bits per heavy atom. The molecule has 0 aromatic heterocycles. The molecule has 2 rings (SSSR count). The lowest BCUT2D eigenvalue weighted by atomic mass is 10.2. The Kier molecular flexibility index (Phi) is 5.31. The third-order valence-corrected chi connectivity index (χ3v) is 3.06. The number of nitrogens with zero attached hydrogens (tertiary/aromatic N) is 1. The molecule has 118 valence electrons. The van der Waals surface area contributed by atoms with Crippen molar-refractivity contribution in [1.29, 1.82) is 0 Å². The zero-order chi connectivity index (χ0) is 15.9. The predicted octanol–water partition coefficient (Wildman–Crippen LogP) is -0.201. The highest BCUT2D eigenvalue weighted by Crippen LogP contribution is 2.16. The Bertz CT molecular complexity index is 575. The minimum atomic E-state index is -0.672. The molecule has 0 unspecified atom stereocenters.